The molecule has 0 radical (unpaired) electrons. The van der Waals surface area contributed by atoms with Gasteiger partial charge in [0.1, 0.15) is 0 Å². The van der Waals surface area contributed by atoms with E-state index in [0.29, 0.717) is 6.54 Å². The maximum Gasteiger partial charge on any atom is 0.243 e. The van der Waals surface area contributed by atoms with E-state index in [1.807, 2.05) is 12.1 Å². The van der Waals surface area contributed by atoms with Gasteiger partial charge in [0, 0.05) is 44.6 Å². The Morgan fingerprint density at radius 2 is 1.96 bits per heavy atom. The van der Waals surface area contributed by atoms with E-state index in [0.717, 1.165) is 38.0 Å². The van der Waals surface area contributed by atoms with Crippen LogP contribution in [0, 0.1) is 0 Å². The summed E-state index contributed by atoms with van der Waals surface area (Å²) in [6.45, 7) is 3.85. The third-order valence-corrected chi connectivity index (χ3v) is 4.29. The highest BCUT2D eigenvalue weighted by Gasteiger charge is 2.14. The molecule has 0 saturated carbocycles. The summed E-state index contributed by atoms with van der Waals surface area (Å²) in [5.41, 5.74) is 3.89. The molecule has 1 aromatic heterocycles. The lowest BCUT2D eigenvalue weighted by atomic mass is 10.00. The van der Waals surface area contributed by atoms with E-state index in [-0.39, 0.29) is 5.91 Å². The molecule has 1 aliphatic heterocycles. The Hall–Kier alpha value is -2.46. The summed E-state index contributed by atoms with van der Waals surface area (Å²) in [6.07, 6.45) is 8.90. The van der Waals surface area contributed by atoms with Gasteiger partial charge in [-0.15, -0.1) is 0 Å². The van der Waals surface area contributed by atoms with Crippen molar-refractivity contribution in [2.75, 3.05) is 19.6 Å². The van der Waals surface area contributed by atoms with E-state index in [1.165, 1.54) is 11.1 Å². The molecule has 0 bridgehead atoms. The molecule has 124 valence electrons. The zero-order chi connectivity index (χ0) is 16.6. The van der Waals surface area contributed by atoms with Gasteiger partial charge in [0.05, 0.1) is 0 Å². The Bertz CT molecular complexity index is 697. The smallest absolute Gasteiger partial charge is 0.243 e. The maximum absolute atomic E-state index is 11.8. The van der Waals surface area contributed by atoms with Gasteiger partial charge in [-0.25, -0.2) is 0 Å². The molecule has 1 aromatic carbocycles. The average Bonchev–Trinajstić information content (AvgIpc) is 2.64. The molecule has 0 fully saturated rings. The second-order valence-electron chi connectivity index (χ2n) is 6.05. The number of carbonyl (C=O) groups excluding carboxylic acids is 1. The number of hydrogen-bond donors (Lipinski definition) is 1. The zero-order valence-corrected chi connectivity index (χ0v) is 13.8. The first kappa shape index (κ1) is 16.4. The molecule has 4 heteroatoms. The number of benzene rings is 1. The Balaban J connectivity index is 1.35. The maximum atomic E-state index is 11.8. The minimum absolute atomic E-state index is 0.0456. The largest absolute Gasteiger partial charge is 0.353 e. The Labute approximate surface area is 143 Å². The molecular weight excluding hydrogens is 298 g/mol. The van der Waals surface area contributed by atoms with E-state index in [4.69, 9.17) is 0 Å². The summed E-state index contributed by atoms with van der Waals surface area (Å²) in [4.78, 5) is 18.2. The fourth-order valence-corrected chi connectivity index (χ4v) is 2.96. The number of aromatic nitrogens is 1. The third kappa shape index (κ3) is 4.77. The van der Waals surface area contributed by atoms with Gasteiger partial charge in [0.2, 0.25) is 5.91 Å². The number of nitrogens with zero attached hydrogens (tertiary/aromatic N) is 2. The second kappa shape index (κ2) is 8.41. The van der Waals surface area contributed by atoms with Crippen molar-refractivity contribution in [3.05, 3.63) is 71.6 Å². The summed E-state index contributed by atoms with van der Waals surface area (Å²) < 4.78 is 0. The molecule has 1 N–H and O–H groups in total. The van der Waals surface area contributed by atoms with Crippen LogP contribution < -0.4 is 5.32 Å². The summed E-state index contributed by atoms with van der Waals surface area (Å²) >= 11 is 0. The Morgan fingerprint density at radius 3 is 2.79 bits per heavy atom. The van der Waals surface area contributed by atoms with E-state index >= 15 is 0 Å². The zero-order valence-electron chi connectivity index (χ0n) is 13.8. The lowest BCUT2D eigenvalue weighted by Gasteiger charge is -2.28. The van der Waals surface area contributed by atoms with Gasteiger partial charge in [-0.1, -0.05) is 24.3 Å². The first-order valence-corrected chi connectivity index (χ1v) is 8.46. The van der Waals surface area contributed by atoms with Gasteiger partial charge in [-0.3, -0.25) is 14.7 Å². The van der Waals surface area contributed by atoms with E-state index in [1.54, 1.807) is 24.5 Å². The van der Waals surface area contributed by atoms with Crippen LogP contribution in [0.3, 0.4) is 0 Å². The van der Waals surface area contributed by atoms with Gasteiger partial charge in [-0.05, 0) is 47.7 Å². The van der Waals surface area contributed by atoms with Crippen molar-refractivity contribution in [2.24, 2.45) is 0 Å². The lowest BCUT2D eigenvalue weighted by Crippen LogP contribution is -2.33. The monoisotopic (exact) mass is 321 g/mol. The van der Waals surface area contributed by atoms with Crippen LogP contribution in [-0.4, -0.2) is 35.4 Å². The minimum atomic E-state index is -0.0456. The molecule has 3 rings (SSSR count). The van der Waals surface area contributed by atoms with Gasteiger partial charge in [0.25, 0.3) is 0 Å². The number of rotatable bonds is 6. The van der Waals surface area contributed by atoms with Crippen molar-refractivity contribution in [3.63, 3.8) is 0 Å². The first-order valence-electron chi connectivity index (χ1n) is 8.46. The normalized spacial score (nSPS) is 14.5. The van der Waals surface area contributed by atoms with Crippen molar-refractivity contribution in [1.82, 2.24) is 15.2 Å². The van der Waals surface area contributed by atoms with E-state index in [2.05, 4.69) is 39.5 Å². The van der Waals surface area contributed by atoms with Crippen LogP contribution >= 0.6 is 0 Å². The highest BCUT2D eigenvalue weighted by atomic mass is 16.1. The van der Waals surface area contributed by atoms with Crippen LogP contribution in [0.25, 0.3) is 6.08 Å². The fourth-order valence-electron chi connectivity index (χ4n) is 2.96. The number of hydrogen-bond acceptors (Lipinski definition) is 3. The van der Waals surface area contributed by atoms with Crippen molar-refractivity contribution >= 4 is 12.0 Å². The number of nitrogens with one attached hydrogen (secondary N) is 1. The molecule has 2 heterocycles. The minimum Gasteiger partial charge on any atom is -0.353 e. The predicted octanol–water partition coefficient (Wildman–Crippen LogP) is 2.66. The van der Waals surface area contributed by atoms with Gasteiger partial charge in [-0.2, -0.15) is 0 Å². The van der Waals surface area contributed by atoms with Crippen LogP contribution in [0.4, 0.5) is 0 Å². The van der Waals surface area contributed by atoms with Crippen LogP contribution in [-0.2, 0) is 17.8 Å². The van der Waals surface area contributed by atoms with Gasteiger partial charge in [0.15, 0.2) is 0 Å². The molecule has 0 atom stereocenters. The van der Waals surface area contributed by atoms with Crippen LogP contribution in [0.5, 0.6) is 0 Å². The van der Waals surface area contributed by atoms with Crippen LogP contribution in [0.15, 0.2) is 54.9 Å². The van der Waals surface area contributed by atoms with Crippen molar-refractivity contribution < 1.29 is 4.79 Å². The van der Waals surface area contributed by atoms with E-state index < -0.39 is 0 Å². The molecule has 0 spiro atoms. The van der Waals surface area contributed by atoms with Gasteiger partial charge < -0.3 is 5.32 Å². The van der Waals surface area contributed by atoms with Crippen LogP contribution in [0.1, 0.15) is 23.1 Å². The van der Waals surface area contributed by atoms with E-state index in [9.17, 15) is 4.79 Å². The van der Waals surface area contributed by atoms with Crippen molar-refractivity contribution in [2.45, 2.75) is 19.4 Å². The summed E-state index contributed by atoms with van der Waals surface area (Å²) in [5.74, 6) is -0.0456. The summed E-state index contributed by atoms with van der Waals surface area (Å²) in [6, 6.07) is 12.4. The molecule has 0 saturated heterocycles. The SMILES string of the molecule is O=C(/C=C/c1ccncc1)NCCCN1CCc2ccccc2C1. The molecule has 2 aromatic rings. The van der Waals surface area contributed by atoms with Crippen molar-refractivity contribution in [1.29, 1.82) is 0 Å². The quantitative estimate of drug-likeness (QED) is 0.657. The highest BCUT2D eigenvalue weighted by molar-refractivity contribution is 5.91. The first-order chi connectivity index (χ1) is 11.8. The Kier molecular flexibility index (Phi) is 5.75. The molecule has 1 amide bonds. The molecule has 24 heavy (non-hydrogen) atoms. The standard InChI is InChI=1S/C20H23N3O/c24-20(7-6-17-8-12-21-13-9-17)22-11-3-14-23-15-10-18-4-1-2-5-19(18)16-23/h1-2,4-9,12-13H,3,10-11,14-16H2,(H,22,24)/b7-6+. The Morgan fingerprint density at radius 1 is 1.17 bits per heavy atom. The molecule has 1 aliphatic rings. The van der Waals surface area contributed by atoms with Gasteiger partial charge >= 0.3 is 0 Å². The second-order valence-corrected chi connectivity index (χ2v) is 6.05. The lowest BCUT2D eigenvalue weighted by molar-refractivity contribution is -0.116. The molecule has 0 unspecified atom stereocenters. The van der Waals surface area contributed by atoms with Crippen LogP contribution in [0.2, 0.25) is 0 Å². The third-order valence-electron chi connectivity index (χ3n) is 4.29. The molecular formula is C20H23N3O. The highest BCUT2D eigenvalue weighted by Crippen LogP contribution is 2.18. The fraction of sp³-hybridized carbons (Fsp3) is 0.300. The number of carbonyl (C=O) groups is 1. The molecule has 0 aliphatic carbocycles. The van der Waals surface area contributed by atoms with Crippen molar-refractivity contribution in [3.8, 4) is 0 Å². The summed E-state index contributed by atoms with van der Waals surface area (Å²) in [7, 11) is 0. The topological polar surface area (TPSA) is 45.2 Å². The average molecular weight is 321 g/mol. The number of fused-ring (bicyclic) bond motifs is 1. The number of amides is 1. The summed E-state index contributed by atoms with van der Waals surface area (Å²) in [5, 5.41) is 2.94. The predicted molar refractivity (Wildman–Crippen MR) is 96.3 cm³/mol. The number of pyridine rings is 1. The molecule has 4 nitrogen and oxygen atoms in total.